The second-order valence-electron chi connectivity index (χ2n) is 5.44. The third-order valence-electron chi connectivity index (χ3n) is 3.38. The summed E-state index contributed by atoms with van der Waals surface area (Å²) in [6, 6.07) is 8.35. The van der Waals surface area contributed by atoms with Gasteiger partial charge in [-0.05, 0) is 37.6 Å². The molecule has 140 valence electrons. The first-order valence-electron chi connectivity index (χ1n) is 7.73. The summed E-state index contributed by atoms with van der Waals surface area (Å²) in [5.41, 5.74) is 0.485. The lowest BCUT2D eigenvalue weighted by Crippen LogP contribution is -2.24. The van der Waals surface area contributed by atoms with Gasteiger partial charge in [0.25, 0.3) is 0 Å². The summed E-state index contributed by atoms with van der Waals surface area (Å²) in [5, 5.41) is 5.30. The van der Waals surface area contributed by atoms with E-state index in [1.165, 1.54) is 24.3 Å². The van der Waals surface area contributed by atoms with Crippen LogP contribution in [0.2, 0.25) is 10.3 Å². The minimum Gasteiger partial charge on any atom is -0.321 e. The van der Waals surface area contributed by atoms with Gasteiger partial charge < -0.3 is 20.1 Å². The van der Waals surface area contributed by atoms with Gasteiger partial charge >= 0.3 is 13.6 Å². The molecule has 2 unspecified atom stereocenters. The van der Waals surface area contributed by atoms with Crippen molar-refractivity contribution in [3.63, 3.8) is 0 Å². The van der Waals surface area contributed by atoms with Crippen LogP contribution in [-0.2, 0) is 9.09 Å². The number of para-hydroxylation sites is 1. The number of urea groups is 1. The van der Waals surface area contributed by atoms with Crippen LogP contribution in [0.15, 0.2) is 36.4 Å². The molecule has 2 aromatic rings. The lowest BCUT2D eigenvalue weighted by molar-refractivity contribution is 0.192. The Morgan fingerprint density at radius 2 is 1.88 bits per heavy atom. The van der Waals surface area contributed by atoms with E-state index in [0.29, 0.717) is 12.1 Å². The molecule has 0 bridgehead atoms. The predicted octanol–water partition coefficient (Wildman–Crippen LogP) is 4.66. The number of hydrogen-bond donors (Lipinski definition) is 3. The van der Waals surface area contributed by atoms with Gasteiger partial charge in [0, 0.05) is 5.69 Å². The van der Waals surface area contributed by atoms with Crippen LogP contribution in [0.5, 0.6) is 0 Å². The average molecular weight is 418 g/mol. The third kappa shape index (κ3) is 5.69. The van der Waals surface area contributed by atoms with Gasteiger partial charge in [0.2, 0.25) is 0 Å². The largest absolute Gasteiger partial charge is 0.361 e. The number of nitrogens with one attached hydrogen (secondary N) is 2. The second kappa shape index (κ2) is 8.84. The standard InChI is InChI=1S/C16H18Cl2N3O4P/c1-3-10(2)25-26(23,24)13-7-5-4-6-12(13)20-16(22)19-11-8-14(17)21-15(18)9-11/h4-10H,3H2,1-2H3,(H,23,24)(H2,19,20,21,22). The Bertz CT molecular complexity index is 830. The van der Waals surface area contributed by atoms with E-state index in [1.807, 2.05) is 6.92 Å². The molecule has 26 heavy (non-hydrogen) atoms. The van der Waals surface area contributed by atoms with Gasteiger partial charge in [-0.2, -0.15) is 0 Å². The van der Waals surface area contributed by atoms with E-state index < -0.39 is 19.7 Å². The first-order valence-corrected chi connectivity index (χ1v) is 10.1. The van der Waals surface area contributed by atoms with Crippen LogP contribution in [0, 0.1) is 0 Å². The highest BCUT2D eigenvalue weighted by Gasteiger charge is 2.28. The fourth-order valence-electron chi connectivity index (χ4n) is 2.02. The number of halogens is 2. The van der Waals surface area contributed by atoms with E-state index in [-0.39, 0.29) is 21.3 Å². The lowest BCUT2D eigenvalue weighted by Gasteiger charge is -2.19. The maximum atomic E-state index is 12.6. The second-order valence-corrected chi connectivity index (χ2v) is 7.95. The summed E-state index contributed by atoms with van der Waals surface area (Å²) >= 11 is 11.6. The number of carbonyl (C=O) groups is 1. The molecule has 1 aromatic carbocycles. The van der Waals surface area contributed by atoms with E-state index in [0.717, 1.165) is 0 Å². The molecule has 3 N–H and O–H groups in total. The fourth-order valence-corrected chi connectivity index (χ4v) is 3.94. The molecule has 0 aliphatic heterocycles. The average Bonchev–Trinajstić information content (AvgIpc) is 2.53. The van der Waals surface area contributed by atoms with Gasteiger partial charge in [0.05, 0.1) is 17.1 Å². The summed E-state index contributed by atoms with van der Waals surface area (Å²) in [5.74, 6) is 0. The van der Waals surface area contributed by atoms with Crippen molar-refractivity contribution in [2.75, 3.05) is 10.6 Å². The monoisotopic (exact) mass is 417 g/mol. The highest BCUT2D eigenvalue weighted by Crippen LogP contribution is 2.44. The number of nitrogens with zero attached hydrogens (tertiary/aromatic N) is 1. The number of rotatable bonds is 6. The minimum absolute atomic E-state index is 0.00115. The zero-order valence-corrected chi connectivity index (χ0v) is 16.5. The maximum Gasteiger partial charge on any atom is 0.361 e. The molecule has 2 amide bonds. The molecule has 2 atom stereocenters. The van der Waals surface area contributed by atoms with Crippen molar-refractivity contribution in [2.45, 2.75) is 26.4 Å². The quantitative estimate of drug-likeness (QED) is 0.468. The van der Waals surface area contributed by atoms with Crippen molar-refractivity contribution in [1.29, 1.82) is 0 Å². The van der Waals surface area contributed by atoms with Crippen LogP contribution in [0.25, 0.3) is 0 Å². The summed E-state index contributed by atoms with van der Waals surface area (Å²) in [6.45, 7) is 3.54. The summed E-state index contributed by atoms with van der Waals surface area (Å²) in [7, 11) is -4.10. The summed E-state index contributed by atoms with van der Waals surface area (Å²) in [6.07, 6.45) is 0.165. The molecule has 0 radical (unpaired) electrons. The third-order valence-corrected chi connectivity index (χ3v) is 5.41. The zero-order chi connectivity index (χ0) is 19.3. The molecule has 1 aromatic heterocycles. The maximum absolute atomic E-state index is 12.6. The number of pyridine rings is 1. The Hall–Kier alpha value is -1.63. The Labute approximate surface area is 161 Å². The molecule has 0 spiro atoms. The van der Waals surface area contributed by atoms with E-state index in [4.69, 9.17) is 27.7 Å². The number of hydrogen-bond acceptors (Lipinski definition) is 4. The van der Waals surface area contributed by atoms with Crippen molar-refractivity contribution in [3.05, 3.63) is 46.7 Å². The summed E-state index contributed by atoms with van der Waals surface area (Å²) < 4.78 is 17.8. The zero-order valence-electron chi connectivity index (χ0n) is 14.1. The van der Waals surface area contributed by atoms with Crippen molar-refractivity contribution in [1.82, 2.24) is 4.98 Å². The molecule has 0 saturated carbocycles. The van der Waals surface area contributed by atoms with Crippen LogP contribution in [-0.4, -0.2) is 22.0 Å². The SMILES string of the molecule is CCC(C)OP(=O)(O)c1ccccc1NC(=O)Nc1cc(Cl)nc(Cl)c1. The van der Waals surface area contributed by atoms with Gasteiger partial charge in [0.1, 0.15) is 10.3 Å². The molecule has 10 heteroatoms. The Kier molecular flexibility index (Phi) is 7.03. The smallest absolute Gasteiger partial charge is 0.321 e. The van der Waals surface area contributed by atoms with Crippen molar-refractivity contribution >= 4 is 53.5 Å². The van der Waals surface area contributed by atoms with Gasteiger partial charge in [-0.1, -0.05) is 42.3 Å². The molecule has 0 aliphatic carbocycles. The molecule has 0 saturated heterocycles. The molecular weight excluding hydrogens is 400 g/mol. The Morgan fingerprint density at radius 3 is 2.50 bits per heavy atom. The van der Waals surface area contributed by atoms with Crippen molar-refractivity contribution in [2.24, 2.45) is 0 Å². The van der Waals surface area contributed by atoms with E-state index in [1.54, 1.807) is 19.1 Å². The lowest BCUT2D eigenvalue weighted by atomic mass is 10.3. The molecule has 7 nitrogen and oxygen atoms in total. The molecule has 1 heterocycles. The normalized spacial score (nSPS) is 14.3. The first-order chi connectivity index (χ1) is 12.2. The number of aromatic nitrogens is 1. The first kappa shape index (κ1) is 20.7. The van der Waals surface area contributed by atoms with Crippen LogP contribution in [0.1, 0.15) is 20.3 Å². The van der Waals surface area contributed by atoms with Crippen LogP contribution in [0.3, 0.4) is 0 Å². The summed E-state index contributed by atoms with van der Waals surface area (Å²) in [4.78, 5) is 26.3. The van der Waals surface area contributed by atoms with E-state index in [2.05, 4.69) is 15.6 Å². The number of benzene rings is 1. The fraction of sp³-hybridized carbons (Fsp3) is 0.250. The van der Waals surface area contributed by atoms with Gasteiger partial charge in [-0.25, -0.2) is 9.78 Å². The van der Waals surface area contributed by atoms with Crippen molar-refractivity contribution in [3.8, 4) is 0 Å². The Balaban J connectivity index is 2.19. The molecule has 0 aliphatic rings. The highest BCUT2D eigenvalue weighted by molar-refractivity contribution is 7.61. The van der Waals surface area contributed by atoms with Crippen LogP contribution >= 0.6 is 30.8 Å². The minimum atomic E-state index is -4.10. The van der Waals surface area contributed by atoms with E-state index >= 15 is 0 Å². The number of amides is 2. The number of carbonyl (C=O) groups excluding carboxylic acids is 1. The molecule has 0 fully saturated rings. The predicted molar refractivity (Wildman–Crippen MR) is 104 cm³/mol. The van der Waals surface area contributed by atoms with Gasteiger partial charge in [0.15, 0.2) is 0 Å². The van der Waals surface area contributed by atoms with Crippen LogP contribution in [0.4, 0.5) is 16.2 Å². The number of anilines is 2. The Morgan fingerprint density at radius 1 is 1.27 bits per heavy atom. The van der Waals surface area contributed by atoms with Crippen molar-refractivity contribution < 1.29 is 18.8 Å². The van der Waals surface area contributed by atoms with Gasteiger partial charge in [-0.15, -0.1) is 0 Å². The van der Waals surface area contributed by atoms with E-state index in [9.17, 15) is 14.3 Å². The topological polar surface area (TPSA) is 101 Å². The molecule has 2 rings (SSSR count). The highest BCUT2D eigenvalue weighted by atomic mass is 35.5. The van der Waals surface area contributed by atoms with Crippen LogP contribution < -0.4 is 15.9 Å². The van der Waals surface area contributed by atoms with Gasteiger partial charge in [-0.3, -0.25) is 4.57 Å². The molecular formula is C16H18Cl2N3O4P.